The minimum atomic E-state index is 0.158. The quantitative estimate of drug-likeness (QED) is 0.347. The largest absolute Gasteiger partial charge is 0.507 e. The number of hydrogen-bond acceptors (Lipinski definition) is 2. The van der Waals surface area contributed by atoms with Crippen LogP contribution in [0, 0.1) is 6.92 Å². The third-order valence-corrected chi connectivity index (χ3v) is 5.61. The second kappa shape index (κ2) is 6.68. The average molecular weight is 376 g/mol. The van der Waals surface area contributed by atoms with E-state index in [2.05, 4.69) is 0 Å². The van der Waals surface area contributed by atoms with E-state index in [1.807, 2.05) is 91.9 Å². The van der Waals surface area contributed by atoms with E-state index in [0.29, 0.717) is 11.1 Å². The van der Waals surface area contributed by atoms with Gasteiger partial charge < -0.3 is 10.2 Å². The SMILES string of the molecule is Cc1ccccc1-c1cc2ccccc2c(-c2c(O)ccc3ccccc23)c1O. The molecule has 0 radical (unpaired) electrons. The van der Waals surface area contributed by atoms with Gasteiger partial charge in [0, 0.05) is 16.7 Å². The van der Waals surface area contributed by atoms with Gasteiger partial charge in [-0.1, -0.05) is 78.9 Å². The van der Waals surface area contributed by atoms with E-state index in [-0.39, 0.29) is 11.5 Å². The van der Waals surface area contributed by atoms with Crippen molar-refractivity contribution in [3.05, 3.63) is 96.6 Å². The van der Waals surface area contributed by atoms with Crippen LogP contribution in [0.2, 0.25) is 0 Å². The van der Waals surface area contributed by atoms with Crippen molar-refractivity contribution in [2.45, 2.75) is 6.92 Å². The summed E-state index contributed by atoms with van der Waals surface area (Å²) in [6.07, 6.45) is 0. The molecule has 0 spiro atoms. The van der Waals surface area contributed by atoms with Crippen molar-refractivity contribution in [2.75, 3.05) is 0 Å². The Labute approximate surface area is 169 Å². The Morgan fingerprint density at radius 2 is 1.17 bits per heavy atom. The molecule has 5 aromatic rings. The Kier molecular flexibility index (Phi) is 3.99. The molecule has 29 heavy (non-hydrogen) atoms. The monoisotopic (exact) mass is 376 g/mol. The van der Waals surface area contributed by atoms with Gasteiger partial charge in [-0.25, -0.2) is 0 Å². The fourth-order valence-corrected chi connectivity index (χ4v) is 4.19. The summed E-state index contributed by atoms with van der Waals surface area (Å²) < 4.78 is 0. The van der Waals surface area contributed by atoms with E-state index in [4.69, 9.17) is 0 Å². The van der Waals surface area contributed by atoms with Crippen molar-refractivity contribution in [2.24, 2.45) is 0 Å². The van der Waals surface area contributed by atoms with Crippen LogP contribution in [0.1, 0.15) is 5.56 Å². The van der Waals surface area contributed by atoms with E-state index < -0.39 is 0 Å². The first kappa shape index (κ1) is 17.3. The second-order valence-corrected chi connectivity index (χ2v) is 7.36. The van der Waals surface area contributed by atoms with E-state index in [1.165, 1.54) is 0 Å². The van der Waals surface area contributed by atoms with Crippen molar-refractivity contribution in [3.8, 4) is 33.8 Å². The van der Waals surface area contributed by atoms with Gasteiger partial charge in [0.15, 0.2) is 0 Å². The van der Waals surface area contributed by atoms with Crippen LogP contribution in [0.4, 0.5) is 0 Å². The number of phenols is 2. The molecule has 0 heterocycles. The van der Waals surface area contributed by atoms with Crippen LogP contribution in [-0.2, 0) is 0 Å². The molecule has 0 fully saturated rings. The second-order valence-electron chi connectivity index (χ2n) is 7.36. The van der Waals surface area contributed by atoms with Crippen LogP contribution >= 0.6 is 0 Å². The number of phenolic OH excluding ortho intramolecular Hbond substituents is 2. The highest BCUT2D eigenvalue weighted by Gasteiger charge is 2.20. The molecule has 0 atom stereocenters. The summed E-state index contributed by atoms with van der Waals surface area (Å²) in [5.41, 5.74) is 4.16. The topological polar surface area (TPSA) is 40.5 Å². The molecule has 0 aromatic heterocycles. The lowest BCUT2D eigenvalue weighted by molar-refractivity contribution is 0.471. The summed E-state index contributed by atoms with van der Waals surface area (Å²) in [7, 11) is 0. The van der Waals surface area contributed by atoms with Gasteiger partial charge in [0.2, 0.25) is 0 Å². The first-order valence-corrected chi connectivity index (χ1v) is 9.67. The Hall–Kier alpha value is -3.78. The van der Waals surface area contributed by atoms with Gasteiger partial charge in [-0.3, -0.25) is 0 Å². The van der Waals surface area contributed by atoms with Crippen molar-refractivity contribution in [1.82, 2.24) is 0 Å². The van der Waals surface area contributed by atoms with Gasteiger partial charge in [-0.05, 0) is 51.7 Å². The zero-order valence-electron chi connectivity index (χ0n) is 16.1. The van der Waals surface area contributed by atoms with E-state index in [1.54, 1.807) is 6.07 Å². The number of hydrogen-bond donors (Lipinski definition) is 2. The molecular weight excluding hydrogens is 356 g/mol. The van der Waals surface area contributed by atoms with Crippen LogP contribution in [-0.4, -0.2) is 10.2 Å². The maximum Gasteiger partial charge on any atom is 0.132 e. The Morgan fingerprint density at radius 1 is 0.552 bits per heavy atom. The predicted molar refractivity (Wildman–Crippen MR) is 120 cm³/mol. The molecule has 0 bridgehead atoms. The van der Waals surface area contributed by atoms with Gasteiger partial charge in [-0.2, -0.15) is 0 Å². The minimum Gasteiger partial charge on any atom is -0.507 e. The molecule has 0 aliphatic rings. The van der Waals surface area contributed by atoms with Gasteiger partial charge in [0.1, 0.15) is 11.5 Å². The Bertz CT molecular complexity index is 1380. The van der Waals surface area contributed by atoms with Crippen LogP contribution in [0.25, 0.3) is 43.8 Å². The fraction of sp³-hybridized carbons (Fsp3) is 0.0370. The summed E-state index contributed by atoms with van der Waals surface area (Å²) in [5, 5.41) is 26.2. The maximum absolute atomic E-state index is 11.5. The molecule has 140 valence electrons. The molecule has 5 rings (SSSR count). The van der Waals surface area contributed by atoms with Crippen LogP contribution in [0.5, 0.6) is 11.5 Å². The number of aryl methyl sites for hydroxylation is 1. The van der Waals surface area contributed by atoms with Gasteiger partial charge in [0.25, 0.3) is 0 Å². The third-order valence-electron chi connectivity index (χ3n) is 5.61. The lowest BCUT2D eigenvalue weighted by atomic mass is 9.88. The molecule has 0 amide bonds. The van der Waals surface area contributed by atoms with E-state index >= 15 is 0 Å². The van der Waals surface area contributed by atoms with Crippen molar-refractivity contribution in [1.29, 1.82) is 0 Å². The minimum absolute atomic E-state index is 0.158. The zero-order valence-corrected chi connectivity index (χ0v) is 16.1. The molecule has 2 heteroatoms. The number of rotatable bonds is 2. The number of fused-ring (bicyclic) bond motifs is 2. The zero-order chi connectivity index (χ0) is 20.0. The van der Waals surface area contributed by atoms with Crippen LogP contribution in [0.15, 0.2) is 91.0 Å². The highest BCUT2D eigenvalue weighted by molar-refractivity contribution is 6.12. The fourth-order valence-electron chi connectivity index (χ4n) is 4.19. The van der Waals surface area contributed by atoms with Crippen LogP contribution < -0.4 is 0 Å². The summed E-state index contributed by atoms with van der Waals surface area (Å²) >= 11 is 0. The lowest BCUT2D eigenvalue weighted by Gasteiger charge is -2.18. The summed E-state index contributed by atoms with van der Waals surface area (Å²) in [6, 6.07) is 29.6. The smallest absolute Gasteiger partial charge is 0.132 e. The summed E-state index contributed by atoms with van der Waals surface area (Å²) in [4.78, 5) is 0. The average Bonchev–Trinajstić information content (AvgIpc) is 2.75. The normalized spacial score (nSPS) is 11.2. The highest BCUT2D eigenvalue weighted by Crippen LogP contribution is 2.48. The Morgan fingerprint density at radius 3 is 1.93 bits per heavy atom. The molecular formula is C27H20O2. The van der Waals surface area contributed by atoms with Crippen molar-refractivity contribution >= 4 is 21.5 Å². The van der Waals surface area contributed by atoms with Gasteiger partial charge >= 0.3 is 0 Å². The first-order valence-electron chi connectivity index (χ1n) is 9.67. The number of aromatic hydroxyl groups is 2. The van der Waals surface area contributed by atoms with Gasteiger partial charge in [-0.15, -0.1) is 0 Å². The highest BCUT2D eigenvalue weighted by atomic mass is 16.3. The molecule has 2 nitrogen and oxygen atoms in total. The molecule has 2 N–H and O–H groups in total. The predicted octanol–water partition coefficient (Wildman–Crippen LogP) is 7.05. The van der Waals surface area contributed by atoms with Crippen LogP contribution in [0.3, 0.4) is 0 Å². The molecule has 0 unspecified atom stereocenters. The molecule has 0 aliphatic heterocycles. The van der Waals surface area contributed by atoms with Gasteiger partial charge in [0.05, 0.1) is 0 Å². The summed E-state index contributed by atoms with van der Waals surface area (Å²) in [5.74, 6) is 0.343. The molecule has 0 saturated carbocycles. The van der Waals surface area contributed by atoms with Crippen molar-refractivity contribution < 1.29 is 10.2 Å². The Balaban J connectivity index is 1.97. The standard InChI is InChI=1S/C27H20O2/c1-17-8-2-5-11-20(17)23-16-19-10-4-7-13-22(19)26(27(23)29)25-21-12-6-3-9-18(21)14-15-24(25)28/h2-16,28-29H,1H3. The third kappa shape index (κ3) is 2.73. The van der Waals surface area contributed by atoms with E-state index in [0.717, 1.165) is 38.2 Å². The molecule has 0 aliphatic carbocycles. The number of benzene rings is 5. The maximum atomic E-state index is 11.5. The molecule has 5 aromatic carbocycles. The summed E-state index contributed by atoms with van der Waals surface area (Å²) in [6.45, 7) is 2.04. The van der Waals surface area contributed by atoms with Crippen molar-refractivity contribution in [3.63, 3.8) is 0 Å². The lowest BCUT2D eigenvalue weighted by Crippen LogP contribution is -1.91. The molecule has 0 saturated heterocycles. The first-order chi connectivity index (χ1) is 14.1. The van der Waals surface area contributed by atoms with E-state index in [9.17, 15) is 10.2 Å².